The van der Waals surface area contributed by atoms with Gasteiger partial charge in [-0.2, -0.15) is 0 Å². The number of phenols is 1. The van der Waals surface area contributed by atoms with Crippen LogP contribution in [0.4, 0.5) is 0 Å². The molecule has 0 aromatic heterocycles. The Labute approximate surface area is 126 Å². The summed E-state index contributed by atoms with van der Waals surface area (Å²) >= 11 is 9.30. The third-order valence-electron chi connectivity index (χ3n) is 3.54. The molecular formula is C14H17BrClNO2. The Balaban J connectivity index is 2.25. The van der Waals surface area contributed by atoms with Crippen molar-refractivity contribution in [3.8, 4) is 5.75 Å². The summed E-state index contributed by atoms with van der Waals surface area (Å²) in [5.41, 5.74) is 0.292. The molecule has 0 aliphatic heterocycles. The quantitative estimate of drug-likeness (QED) is 0.842. The summed E-state index contributed by atoms with van der Waals surface area (Å²) in [5.74, 6) is -0.140. The van der Waals surface area contributed by atoms with Gasteiger partial charge in [-0.25, -0.2) is 0 Å². The fourth-order valence-corrected chi connectivity index (χ4v) is 3.15. The van der Waals surface area contributed by atoms with Gasteiger partial charge in [-0.3, -0.25) is 4.79 Å². The van der Waals surface area contributed by atoms with Gasteiger partial charge in [0.2, 0.25) is 0 Å². The van der Waals surface area contributed by atoms with Crippen LogP contribution in [0.1, 0.15) is 36.0 Å². The molecule has 2 rings (SSSR count). The van der Waals surface area contributed by atoms with Gasteiger partial charge in [-0.05, 0) is 31.0 Å². The van der Waals surface area contributed by atoms with Crippen LogP contribution in [0.15, 0.2) is 18.2 Å². The predicted octanol–water partition coefficient (Wildman–Crippen LogP) is 3.83. The van der Waals surface area contributed by atoms with Gasteiger partial charge in [0.25, 0.3) is 5.91 Å². The molecule has 1 aromatic rings. The van der Waals surface area contributed by atoms with E-state index in [2.05, 4.69) is 15.9 Å². The number of amides is 1. The third-order valence-corrected chi connectivity index (χ3v) is 4.13. The van der Waals surface area contributed by atoms with Gasteiger partial charge in [0.05, 0.1) is 5.56 Å². The number of rotatable bonds is 4. The first-order chi connectivity index (χ1) is 9.13. The molecule has 1 saturated carbocycles. The lowest BCUT2D eigenvalue weighted by molar-refractivity contribution is 0.0693. The smallest absolute Gasteiger partial charge is 0.257 e. The number of phenolic OH excluding ortho intramolecular Hbond substituents is 1. The molecule has 5 heteroatoms. The summed E-state index contributed by atoms with van der Waals surface area (Å²) in [4.78, 5) is 14.4. The Bertz CT molecular complexity index is 461. The Kier molecular flexibility index (Phi) is 5.11. The maximum Gasteiger partial charge on any atom is 0.257 e. The van der Waals surface area contributed by atoms with Gasteiger partial charge >= 0.3 is 0 Å². The van der Waals surface area contributed by atoms with Gasteiger partial charge in [-0.1, -0.05) is 40.4 Å². The van der Waals surface area contributed by atoms with Crippen molar-refractivity contribution >= 4 is 33.4 Å². The summed E-state index contributed by atoms with van der Waals surface area (Å²) in [7, 11) is 0. The molecule has 0 heterocycles. The molecule has 19 heavy (non-hydrogen) atoms. The standard InChI is InChI=1S/C14H17BrClNO2/c15-7-8-17(11-3-1-2-4-11)14(19)12-9-10(16)5-6-13(12)18/h5-6,9,11,18H,1-4,7-8H2. The van der Waals surface area contributed by atoms with Crippen molar-refractivity contribution in [1.29, 1.82) is 0 Å². The minimum Gasteiger partial charge on any atom is -0.507 e. The SMILES string of the molecule is O=C(c1cc(Cl)ccc1O)N(CCBr)C1CCCC1. The van der Waals surface area contributed by atoms with Crippen molar-refractivity contribution in [2.75, 3.05) is 11.9 Å². The number of nitrogens with zero attached hydrogens (tertiary/aromatic N) is 1. The first-order valence-electron chi connectivity index (χ1n) is 6.49. The topological polar surface area (TPSA) is 40.5 Å². The number of hydrogen-bond donors (Lipinski definition) is 1. The van der Waals surface area contributed by atoms with Crippen LogP contribution in [-0.2, 0) is 0 Å². The van der Waals surface area contributed by atoms with Gasteiger partial charge in [0.1, 0.15) is 5.75 Å². The number of hydrogen-bond acceptors (Lipinski definition) is 2. The lowest BCUT2D eigenvalue weighted by Crippen LogP contribution is -2.40. The van der Waals surface area contributed by atoms with Crippen LogP contribution in [-0.4, -0.2) is 33.8 Å². The first-order valence-corrected chi connectivity index (χ1v) is 7.99. The van der Waals surface area contributed by atoms with E-state index in [1.807, 2.05) is 4.90 Å². The Hall–Kier alpha value is -0.740. The Morgan fingerprint density at radius 1 is 1.42 bits per heavy atom. The lowest BCUT2D eigenvalue weighted by Gasteiger charge is -2.28. The highest BCUT2D eigenvalue weighted by atomic mass is 79.9. The van der Waals surface area contributed by atoms with Gasteiger partial charge in [-0.15, -0.1) is 0 Å². The van der Waals surface area contributed by atoms with E-state index in [1.165, 1.54) is 12.1 Å². The molecule has 1 fully saturated rings. The van der Waals surface area contributed by atoms with Crippen LogP contribution in [0.25, 0.3) is 0 Å². The van der Waals surface area contributed by atoms with Crippen LogP contribution in [0, 0.1) is 0 Å². The number of benzene rings is 1. The first kappa shape index (κ1) is 14.7. The normalized spacial score (nSPS) is 15.7. The summed E-state index contributed by atoms with van der Waals surface area (Å²) in [6, 6.07) is 4.87. The minimum absolute atomic E-state index is 0.00744. The molecule has 0 atom stereocenters. The summed E-state index contributed by atoms with van der Waals surface area (Å²) in [6.07, 6.45) is 4.41. The third kappa shape index (κ3) is 3.42. The second-order valence-corrected chi connectivity index (χ2v) is 6.02. The van der Waals surface area contributed by atoms with Crippen molar-refractivity contribution < 1.29 is 9.90 Å². The molecule has 0 bridgehead atoms. The highest BCUT2D eigenvalue weighted by molar-refractivity contribution is 9.09. The van der Waals surface area contributed by atoms with Crippen molar-refractivity contribution in [3.63, 3.8) is 0 Å². The molecule has 0 radical (unpaired) electrons. The average molecular weight is 347 g/mol. The van der Waals surface area contributed by atoms with Gasteiger partial charge in [0, 0.05) is 22.9 Å². The zero-order valence-corrected chi connectivity index (χ0v) is 13.0. The van der Waals surface area contributed by atoms with E-state index in [0.717, 1.165) is 31.0 Å². The molecule has 1 N–H and O–H groups in total. The molecule has 0 saturated heterocycles. The molecule has 0 spiro atoms. The summed E-state index contributed by atoms with van der Waals surface area (Å²) in [6.45, 7) is 0.648. The zero-order valence-electron chi connectivity index (χ0n) is 10.6. The van der Waals surface area contributed by atoms with Crippen molar-refractivity contribution in [2.24, 2.45) is 0 Å². The van der Waals surface area contributed by atoms with Gasteiger partial charge in [0.15, 0.2) is 0 Å². The van der Waals surface area contributed by atoms with Crippen molar-refractivity contribution in [2.45, 2.75) is 31.7 Å². The van der Waals surface area contributed by atoms with Gasteiger partial charge < -0.3 is 10.0 Å². The second kappa shape index (κ2) is 6.62. The van der Waals surface area contributed by atoms with E-state index in [4.69, 9.17) is 11.6 Å². The van der Waals surface area contributed by atoms with Crippen LogP contribution < -0.4 is 0 Å². The molecule has 3 nitrogen and oxygen atoms in total. The fourth-order valence-electron chi connectivity index (χ4n) is 2.59. The summed E-state index contributed by atoms with van der Waals surface area (Å²) in [5, 5.41) is 11.0. The molecule has 0 unspecified atom stereocenters. The Morgan fingerprint density at radius 2 is 2.11 bits per heavy atom. The lowest BCUT2D eigenvalue weighted by atomic mass is 10.1. The fraction of sp³-hybridized carbons (Fsp3) is 0.500. The average Bonchev–Trinajstić information content (AvgIpc) is 2.92. The number of carbonyl (C=O) groups is 1. The molecule has 1 amide bonds. The van der Waals surface area contributed by atoms with Crippen LogP contribution in [0.2, 0.25) is 5.02 Å². The molecular weight excluding hydrogens is 330 g/mol. The number of halogens is 2. The van der Waals surface area contributed by atoms with Crippen LogP contribution >= 0.6 is 27.5 Å². The highest BCUT2D eigenvalue weighted by Crippen LogP contribution is 2.28. The molecule has 104 valence electrons. The molecule has 1 aliphatic rings. The van der Waals surface area contributed by atoms with E-state index < -0.39 is 0 Å². The highest BCUT2D eigenvalue weighted by Gasteiger charge is 2.28. The second-order valence-electron chi connectivity index (χ2n) is 4.79. The van der Waals surface area contributed by atoms with Crippen molar-refractivity contribution in [3.05, 3.63) is 28.8 Å². The van der Waals surface area contributed by atoms with E-state index in [1.54, 1.807) is 6.07 Å². The van der Waals surface area contributed by atoms with E-state index in [9.17, 15) is 9.90 Å². The monoisotopic (exact) mass is 345 g/mol. The number of aromatic hydroxyl groups is 1. The van der Waals surface area contributed by atoms with Crippen molar-refractivity contribution in [1.82, 2.24) is 4.90 Å². The maximum atomic E-state index is 12.6. The molecule has 1 aromatic carbocycles. The van der Waals surface area contributed by atoms with E-state index in [-0.39, 0.29) is 17.7 Å². The van der Waals surface area contributed by atoms with Crippen LogP contribution in [0.3, 0.4) is 0 Å². The largest absolute Gasteiger partial charge is 0.507 e. The molecule has 1 aliphatic carbocycles. The van der Waals surface area contributed by atoms with E-state index >= 15 is 0 Å². The predicted molar refractivity (Wildman–Crippen MR) is 80.2 cm³/mol. The number of carbonyl (C=O) groups excluding carboxylic acids is 1. The maximum absolute atomic E-state index is 12.6. The Morgan fingerprint density at radius 3 is 2.74 bits per heavy atom. The van der Waals surface area contributed by atoms with Crippen LogP contribution in [0.5, 0.6) is 5.75 Å². The number of alkyl halides is 1. The summed E-state index contributed by atoms with van der Waals surface area (Å²) < 4.78 is 0. The zero-order chi connectivity index (χ0) is 13.8. The minimum atomic E-state index is -0.133. The van der Waals surface area contributed by atoms with E-state index in [0.29, 0.717) is 17.1 Å².